The smallest absolute Gasteiger partial charge is 0.240 e. The molecule has 2 N–H and O–H groups in total. The Balaban J connectivity index is 2.87. The van der Waals surface area contributed by atoms with Crippen LogP contribution in [0.5, 0.6) is 0 Å². The summed E-state index contributed by atoms with van der Waals surface area (Å²) in [6, 6.07) is 7.05. The van der Waals surface area contributed by atoms with Gasteiger partial charge in [0.15, 0.2) is 0 Å². The topological polar surface area (TPSA) is 67.4 Å². The van der Waals surface area contributed by atoms with Crippen LogP contribution in [0.25, 0.3) is 0 Å². The van der Waals surface area contributed by atoms with E-state index in [2.05, 4.69) is 17.0 Å². The van der Waals surface area contributed by atoms with E-state index in [9.17, 15) is 8.42 Å². The maximum Gasteiger partial charge on any atom is 0.240 e. The molecule has 0 atom stereocenters. The van der Waals surface area contributed by atoms with Gasteiger partial charge >= 0.3 is 0 Å². The standard InChI is InChI=1S/C15H26N2O3S/c1-5-10-16-11-13-8-6-7-9-14(13)21(18,19)17-12-15(2,3)20-4/h6-9,16-17H,5,10-12H2,1-4H3. The van der Waals surface area contributed by atoms with E-state index in [1.807, 2.05) is 26.0 Å². The largest absolute Gasteiger partial charge is 0.377 e. The van der Waals surface area contributed by atoms with Crippen LogP contribution in [0.3, 0.4) is 0 Å². The van der Waals surface area contributed by atoms with Gasteiger partial charge < -0.3 is 10.1 Å². The number of methoxy groups -OCH3 is 1. The minimum Gasteiger partial charge on any atom is -0.377 e. The third kappa shape index (κ3) is 5.74. The normalized spacial score (nSPS) is 12.6. The molecule has 0 saturated carbocycles. The Kier molecular flexibility index (Phi) is 6.80. The molecular weight excluding hydrogens is 288 g/mol. The summed E-state index contributed by atoms with van der Waals surface area (Å²) in [5.41, 5.74) is 0.233. The van der Waals surface area contributed by atoms with Gasteiger partial charge in [-0.2, -0.15) is 0 Å². The van der Waals surface area contributed by atoms with Crippen molar-refractivity contribution in [1.29, 1.82) is 0 Å². The molecular formula is C15H26N2O3S. The molecule has 0 radical (unpaired) electrons. The molecule has 0 aliphatic heterocycles. The third-order valence-corrected chi connectivity index (χ3v) is 4.75. The molecule has 0 bridgehead atoms. The van der Waals surface area contributed by atoms with Crippen molar-refractivity contribution in [1.82, 2.24) is 10.0 Å². The van der Waals surface area contributed by atoms with Crippen LogP contribution in [0, 0.1) is 0 Å². The lowest BCUT2D eigenvalue weighted by atomic mass is 10.1. The van der Waals surface area contributed by atoms with Crippen molar-refractivity contribution in [2.24, 2.45) is 0 Å². The van der Waals surface area contributed by atoms with Gasteiger partial charge in [0, 0.05) is 20.2 Å². The summed E-state index contributed by atoms with van der Waals surface area (Å²) in [6.07, 6.45) is 1.01. The molecule has 0 heterocycles. The maximum absolute atomic E-state index is 12.5. The molecule has 1 rings (SSSR count). The molecule has 0 unspecified atom stereocenters. The summed E-state index contributed by atoms with van der Waals surface area (Å²) in [5.74, 6) is 0. The number of rotatable bonds is 9. The highest BCUT2D eigenvalue weighted by Crippen LogP contribution is 2.16. The van der Waals surface area contributed by atoms with Gasteiger partial charge in [0.05, 0.1) is 10.5 Å². The van der Waals surface area contributed by atoms with Gasteiger partial charge in [-0.15, -0.1) is 0 Å². The molecule has 6 heteroatoms. The van der Waals surface area contributed by atoms with Crippen molar-refractivity contribution in [3.63, 3.8) is 0 Å². The minimum atomic E-state index is -3.54. The average Bonchev–Trinajstić information content (AvgIpc) is 2.46. The van der Waals surface area contributed by atoms with Crippen LogP contribution in [-0.4, -0.2) is 34.2 Å². The van der Waals surface area contributed by atoms with E-state index in [4.69, 9.17) is 4.74 Å². The van der Waals surface area contributed by atoms with Crippen LogP contribution in [-0.2, 0) is 21.3 Å². The zero-order valence-corrected chi connectivity index (χ0v) is 14.1. The first-order valence-electron chi connectivity index (χ1n) is 7.16. The number of hydrogen-bond acceptors (Lipinski definition) is 4. The summed E-state index contributed by atoms with van der Waals surface area (Å²) < 4.78 is 32.8. The van der Waals surface area contributed by atoms with Crippen molar-refractivity contribution in [2.45, 2.75) is 44.2 Å². The molecule has 0 amide bonds. The zero-order valence-electron chi connectivity index (χ0n) is 13.3. The number of ether oxygens (including phenoxy) is 1. The summed E-state index contributed by atoms with van der Waals surface area (Å²) in [5, 5.41) is 3.23. The van der Waals surface area contributed by atoms with Gasteiger partial charge in [0.1, 0.15) is 0 Å². The minimum absolute atomic E-state index is 0.225. The van der Waals surface area contributed by atoms with Gasteiger partial charge in [-0.05, 0) is 38.4 Å². The number of benzene rings is 1. The summed E-state index contributed by atoms with van der Waals surface area (Å²) in [7, 11) is -1.97. The van der Waals surface area contributed by atoms with Gasteiger partial charge in [-0.3, -0.25) is 0 Å². The highest BCUT2D eigenvalue weighted by molar-refractivity contribution is 7.89. The first-order chi connectivity index (χ1) is 9.82. The fraction of sp³-hybridized carbons (Fsp3) is 0.600. The Bertz CT molecular complexity index is 542. The Morgan fingerprint density at radius 3 is 2.52 bits per heavy atom. The Morgan fingerprint density at radius 2 is 1.90 bits per heavy atom. The summed E-state index contributed by atoms with van der Waals surface area (Å²) in [4.78, 5) is 0.320. The molecule has 21 heavy (non-hydrogen) atoms. The Morgan fingerprint density at radius 1 is 1.24 bits per heavy atom. The van der Waals surface area contributed by atoms with Crippen molar-refractivity contribution in [3.8, 4) is 0 Å². The molecule has 0 spiro atoms. The van der Waals surface area contributed by atoms with Gasteiger partial charge in [0.25, 0.3) is 0 Å². The lowest BCUT2D eigenvalue weighted by Crippen LogP contribution is -2.40. The molecule has 1 aromatic rings. The van der Waals surface area contributed by atoms with Crippen LogP contribution in [0.2, 0.25) is 0 Å². The van der Waals surface area contributed by atoms with Gasteiger partial charge in [-0.1, -0.05) is 25.1 Å². The second-order valence-corrected chi connectivity index (χ2v) is 7.31. The molecule has 120 valence electrons. The van der Waals surface area contributed by atoms with Crippen LogP contribution in [0.4, 0.5) is 0 Å². The molecule has 0 fully saturated rings. The monoisotopic (exact) mass is 314 g/mol. The Hall–Kier alpha value is -0.950. The van der Waals surface area contributed by atoms with Crippen molar-refractivity contribution < 1.29 is 13.2 Å². The molecule has 0 aliphatic carbocycles. The van der Waals surface area contributed by atoms with Gasteiger partial charge in [0.2, 0.25) is 10.0 Å². The second kappa shape index (κ2) is 7.89. The fourth-order valence-electron chi connectivity index (χ4n) is 1.73. The molecule has 0 saturated heterocycles. The predicted octanol–water partition coefficient (Wildman–Crippen LogP) is 1.89. The van der Waals surface area contributed by atoms with E-state index in [0.29, 0.717) is 11.4 Å². The summed E-state index contributed by atoms with van der Waals surface area (Å²) >= 11 is 0. The first kappa shape index (κ1) is 18.1. The van der Waals surface area contributed by atoms with Gasteiger partial charge in [-0.25, -0.2) is 13.1 Å². The number of hydrogen-bond donors (Lipinski definition) is 2. The van der Waals surface area contributed by atoms with Crippen LogP contribution >= 0.6 is 0 Å². The highest BCUT2D eigenvalue weighted by atomic mass is 32.2. The fourth-order valence-corrected chi connectivity index (χ4v) is 3.17. The third-order valence-electron chi connectivity index (χ3n) is 3.24. The van der Waals surface area contributed by atoms with E-state index in [-0.39, 0.29) is 6.54 Å². The highest BCUT2D eigenvalue weighted by Gasteiger charge is 2.23. The lowest BCUT2D eigenvalue weighted by Gasteiger charge is -2.23. The van der Waals surface area contributed by atoms with E-state index < -0.39 is 15.6 Å². The predicted molar refractivity (Wildman–Crippen MR) is 84.7 cm³/mol. The number of nitrogens with one attached hydrogen (secondary N) is 2. The molecule has 5 nitrogen and oxygen atoms in total. The van der Waals surface area contributed by atoms with Crippen molar-refractivity contribution >= 4 is 10.0 Å². The van der Waals surface area contributed by atoms with E-state index in [0.717, 1.165) is 18.5 Å². The average molecular weight is 314 g/mol. The summed E-state index contributed by atoms with van der Waals surface area (Å²) in [6.45, 7) is 7.37. The molecule has 1 aromatic carbocycles. The first-order valence-corrected chi connectivity index (χ1v) is 8.64. The van der Waals surface area contributed by atoms with Crippen LogP contribution in [0.1, 0.15) is 32.8 Å². The zero-order chi connectivity index (χ0) is 15.9. The Labute approximate surface area is 128 Å². The quantitative estimate of drug-likeness (QED) is 0.683. The van der Waals surface area contributed by atoms with Crippen LogP contribution < -0.4 is 10.0 Å². The molecule has 0 aliphatic rings. The SMILES string of the molecule is CCCNCc1ccccc1S(=O)(=O)NCC(C)(C)OC. The van der Waals surface area contributed by atoms with Crippen LogP contribution in [0.15, 0.2) is 29.2 Å². The second-order valence-electron chi connectivity index (χ2n) is 5.57. The van der Waals surface area contributed by atoms with Crippen molar-refractivity contribution in [2.75, 3.05) is 20.2 Å². The maximum atomic E-state index is 12.5. The van der Waals surface area contributed by atoms with E-state index in [1.54, 1.807) is 19.2 Å². The lowest BCUT2D eigenvalue weighted by molar-refractivity contribution is 0.0276. The van der Waals surface area contributed by atoms with Crippen molar-refractivity contribution in [3.05, 3.63) is 29.8 Å². The van der Waals surface area contributed by atoms with E-state index in [1.165, 1.54) is 0 Å². The number of sulfonamides is 1. The van der Waals surface area contributed by atoms with E-state index >= 15 is 0 Å². The molecule has 0 aromatic heterocycles.